The van der Waals surface area contributed by atoms with Gasteiger partial charge in [-0.25, -0.2) is 13.2 Å². The Bertz CT molecular complexity index is 1560. The SMILES string of the molecule is CCN(C(=O)c1ccc(F)cc1Cl)c1cccc(C(=O)Cc2c(Cl)cc(C(F)(C(F)(F)F)C(F)(F)F)cc2OC(F)F)c1F. The van der Waals surface area contributed by atoms with Crippen LogP contribution < -0.4 is 9.64 Å². The number of rotatable bonds is 9. The van der Waals surface area contributed by atoms with Crippen LogP contribution in [0, 0.1) is 11.6 Å². The molecule has 0 radical (unpaired) electrons. The Kier molecular flexibility index (Phi) is 10.1. The van der Waals surface area contributed by atoms with Gasteiger partial charge in [0, 0.05) is 29.1 Å². The lowest BCUT2D eigenvalue weighted by Crippen LogP contribution is -2.50. The average Bonchev–Trinajstić information content (AvgIpc) is 2.89. The zero-order chi connectivity index (χ0) is 33.4. The number of Topliss-reactive ketones (excluding diaryl/α,β-unsaturated/α-hetero) is 1. The highest BCUT2D eigenvalue weighted by Crippen LogP contribution is 2.54. The third-order valence-corrected chi connectivity index (χ3v) is 6.83. The van der Waals surface area contributed by atoms with E-state index < -0.39 is 87.5 Å². The van der Waals surface area contributed by atoms with E-state index in [-0.39, 0.29) is 29.3 Å². The first kappa shape index (κ1) is 34.9. The molecule has 17 heteroatoms. The number of amides is 1. The third-order valence-electron chi connectivity index (χ3n) is 6.18. The minimum absolute atomic E-state index is 0.166. The average molecular weight is 682 g/mol. The van der Waals surface area contributed by atoms with Gasteiger partial charge in [-0.1, -0.05) is 29.3 Å². The van der Waals surface area contributed by atoms with E-state index in [2.05, 4.69) is 4.74 Å². The van der Waals surface area contributed by atoms with Gasteiger partial charge in [-0.2, -0.15) is 35.1 Å². The van der Waals surface area contributed by atoms with E-state index in [0.29, 0.717) is 0 Å². The largest absolute Gasteiger partial charge is 0.435 e. The summed E-state index contributed by atoms with van der Waals surface area (Å²) in [4.78, 5) is 26.9. The molecule has 4 nitrogen and oxygen atoms in total. The molecular formula is C27H16Cl2F11NO3. The van der Waals surface area contributed by atoms with Crippen LogP contribution in [-0.4, -0.2) is 37.2 Å². The smallest absolute Gasteiger partial charge is 0.434 e. The van der Waals surface area contributed by atoms with Crippen molar-refractivity contribution in [3.8, 4) is 5.75 Å². The maximum absolute atomic E-state index is 15.6. The molecule has 0 N–H and O–H groups in total. The summed E-state index contributed by atoms with van der Waals surface area (Å²) in [6.07, 6.45) is -14.5. The number of carbonyl (C=O) groups is 2. The third kappa shape index (κ3) is 6.72. The molecular weight excluding hydrogens is 666 g/mol. The van der Waals surface area contributed by atoms with Gasteiger partial charge >= 0.3 is 24.6 Å². The fraction of sp³-hybridized carbons (Fsp3) is 0.259. The van der Waals surface area contributed by atoms with Crippen LogP contribution in [0.1, 0.15) is 38.8 Å². The van der Waals surface area contributed by atoms with Crippen LogP contribution in [0.15, 0.2) is 48.5 Å². The first-order valence-electron chi connectivity index (χ1n) is 11.9. The number of hydrogen-bond acceptors (Lipinski definition) is 3. The molecule has 0 saturated carbocycles. The minimum atomic E-state index is -6.63. The second-order valence-corrected chi connectivity index (χ2v) is 9.69. The van der Waals surface area contributed by atoms with E-state index in [1.807, 2.05) is 0 Å². The van der Waals surface area contributed by atoms with Gasteiger partial charge in [-0.05, 0) is 49.4 Å². The number of ether oxygens (including phenoxy) is 1. The quantitative estimate of drug-likeness (QED) is 0.167. The Balaban J connectivity index is 2.08. The van der Waals surface area contributed by atoms with E-state index in [9.17, 15) is 53.5 Å². The Morgan fingerprint density at radius 2 is 1.48 bits per heavy atom. The summed E-state index contributed by atoms with van der Waals surface area (Å²) in [7, 11) is 0. The van der Waals surface area contributed by atoms with Crippen LogP contribution in [-0.2, 0) is 12.1 Å². The Morgan fingerprint density at radius 3 is 2.00 bits per heavy atom. The number of ketones is 1. The summed E-state index contributed by atoms with van der Waals surface area (Å²) in [5, 5.41) is -1.53. The van der Waals surface area contributed by atoms with Crippen molar-refractivity contribution in [2.24, 2.45) is 0 Å². The standard InChI is InChI=1S/C27H16Cl2F11NO3/c1-2-41(23(43)14-7-6-13(30)10-18(14)29)19-5-3-4-15(22(19)31)20(42)11-16-17(28)8-12(9-21(16)44-24(32)33)25(34,26(35,36)37)27(38,39)40/h3-10,24H,2,11H2,1H3. The molecule has 0 fully saturated rings. The van der Waals surface area contributed by atoms with Crippen molar-refractivity contribution in [1.82, 2.24) is 0 Å². The number of alkyl halides is 9. The summed E-state index contributed by atoms with van der Waals surface area (Å²) in [6, 6.07) is 5.29. The van der Waals surface area contributed by atoms with E-state index in [1.54, 1.807) is 0 Å². The van der Waals surface area contributed by atoms with Crippen molar-refractivity contribution in [3.05, 3.63) is 92.5 Å². The van der Waals surface area contributed by atoms with Crippen molar-refractivity contribution in [3.63, 3.8) is 0 Å². The molecule has 0 spiro atoms. The molecule has 238 valence electrons. The molecule has 0 aliphatic heterocycles. The summed E-state index contributed by atoms with van der Waals surface area (Å²) >= 11 is 11.7. The zero-order valence-corrected chi connectivity index (χ0v) is 23.2. The molecule has 0 heterocycles. The van der Waals surface area contributed by atoms with Gasteiger partial charge < -0.3 is 9.64 Å². The van der Waals surface area contributed by atoms with E-state index in [0.717, 1.165) is 41.3 Å². The predicted octanol–water partition coefficient (Wildman–Crippen LogP) is 9.25. The highest BCUT2D eigenvalue weighted by atomic mass is 35.5. The molecule has 0 aliphatic carbocycles. The molecule has 0 saturated heterocycles. The molecule has 3 aromatic rings. The second kappa shape index (κ2) is 12.8. The van der Waals surface area contributed by atoms with E-state index in [4.69, 9.17) is 23.2 Å². The Morgan fingerprint density at radius 1 is 0.864 bits per heavy atom. The summed E-state index contributed by atoms with van der Waals surface area (Å²) < 4.78 is 153. The predicted molar refractivity (Wildman–Crippen MR) is 136 cm³/mol. The van der Waals surface area contributed by atoms with Gasteiger partial charge in [0.2, 0.25) is 0 Å². The summed E-state index contributed by atoms with van der Waals surface area (Å²) in [5.41, 5.74) is -10.8. The fourth-order valence-electron chi connectivity index (χ4n) is 4.10. The molecule has 44 heavy (non-hydrogen) atoms. The minimum Gasteiger partial charge on any atom is -0.434 e. The van der Waals surface area contributed by atoms with E-state index in [1.165, 1.54) is 6.92 Å². The van der Waals surface area contributed by atoms with Crippen LogP contribution in [0.2, 0.25) is 10.0 Å². The van der Waals surface area contributed by atoms with Gasteiger partial charge in [0.05, 0.1) is 21.8 Å². The lowest BCUT2D eigenvalue weighted by molar-refractivity contribution is -0.348. The highest BCUT2D eigenvalue weighted by molar-refractivity contribution is 6.34. The number of anilines is 1. The summed E-state index contributed by atoms with van der Waals surface area (Å²) in [6.45, 7) is -2.70. The van der Waals surface area contributed by atoms with Crippen LogP contribution >= 0.6 is 23.2 Å². The van der Waals surface area contributed by atoms with Gasteiger partial charge in [0.1, 0.15) is 11.6 Å². The van der Waals surface area contributed by atoms with Gasteiger partial charge in [-0.15, -0.1) is 0 Å². The molecule has 3 aromatic carbocycles. The van der Waals surface area contributed by atoms with Gasteiger partial charge in [-0.3, -0.25) is 9.59 Å². The number of halogens is 13. The van der Waals surface area contributed by atoms with Crippen LogP contribution in [0.25, 0.3) is 0 Å². The fourth-order valence-corrected chi connectivity index (χ4v) is 4.63. The second-order valence-electron chi connectivity index (χ2n) is 8.88. The zero-order valence-electron chi connectivity index (χ0n) is 21.7. The first-order chi connectivity index (χ1) is 20.2. The van der Waals surface area contributed by atoms with Crippen LogP contribution in [0.3, 0.4) is 0 Å². The molecule has 0 unspecified atom stereocenters. The topological polar surface area (TPSA) is 46.6 Å². The van der Waals surface area contributed by atoms with Crippen LogP contribution in [0.4, 0.5) is 54.0 Å². The highest BCUT2D eigenvalue weighted by Gasteiger charge is 2.73. The van der Waals surface area contributed by atoms with E-state index >= 15 is 4.39 Å². The van der Waals surface area contributed by atoms with Crippen molar-refractivity contribution in [1.29, 1.82) is 0 Å². The molecule has 3 rings (SSSR count). The normalized spacial score (nSPS) is 12.4. The number of hydrogen-bond donors (Lipinski definition) is 0. The van der Waals surface area contributed by atoms with Crippen molar-refractivity contribution in [2.75, 3.05) is 11.4 Å². The van der Waals surface area contributed by atoms with Crippen molar-refractivity contribution in [2.45, 2.75) is 38.0 Å². The molecule has 0 bridgehead atoms. The maximum atomic E-state index is 15.6. The lowest BCUT2D eigenvalue weighted by atomic mass is 9.91. The number of benzene rings is 3. The molecule has 1 amide bonds. The van der Waals surface area contributed by atoms with Gasteiger partial charge in [0.25, 0.3) is 5.91 Å². The Labute approximate surface area is 250 Å². The molecule has 0 aliphatic rings. The number of carbonyl (C=O) groups excluding carboxylic acids is 2. The molecule has 0 aromatic heterocycles. The summed E-state index contributed by atoms with van der Waals surface area (Å²) in [5.74, 6) is -5.87. The lowest BCUT2D eigenvalue weighted by Gasteiger charge is -2.31. The first-order valence-corrected chi connectivity index (χ1v) is 12.7. The molecule has 0 atom stereocenters. The Hall–Kier alpha value is -3.59. The van der Waals surface area contributed by atoms with Crippen LogP contribution in [0.5, 0.6) is 5.75 Å². The van der Waals surface area contributed by atoms with Crippen molar-refractivity contribution < 1.29 is 62.6 Å². The van der Waals surface area contributed by atoms with Gasteiger partial charge in [0.15, 0.2) is 11.6 Å². The number of nitrogens with zero attached hydrogens (tertiary/aromatic N) is 1. The maximum Gasteiger partial charge on any atom is 0.435 e. The monoisotopic (exact) mass is 681 g/mol. The van der Waals surface area contributed by atoms with Crippen molar-refractivity contribution >= 4 is 40.6 Å².